The Bertz CT molecular complexity index is 528. The number of benzene rings is 1. The largest absolute Gasteiger partial charge is 0.548 e. The van der Waals surface area contributed by atoms with E-state index in [-0.39, 0.29) is 13.2 Å². The lowest BCUT2D eigenvalue weighted by Gasteiger charge is -2.31. The van der Waals surface area contributed by atoms with Crippen LogP contribution in [0.25, 0.3) is 0 Å². The zero-order valence-corrected chi connectivity index (χ0v) is 10.7. The molecule has 1 aromatic rings. The normalized spacial score (nSPS) is 15.7. The van der Waals surface area contributed by atoms with Gasteiger partial charge in [0.05, 0.1) is 11.5 Å². The van der Waals surface area contributed by atoms with E-state index in [0.29, 0.717) is 17.1 Å². The minimum Gasteiger partial charge on any atom is -0.548 e. The van der Waals surface area contributed by atoms with Crippen LogP contribution in [-0.4, -0.2) is 24.2 Å². The maximum atomic E-state index is 11.2. The van der Waals surface area contributed by atoms with Crippen molar-refractivity contribution in [1.29, 1.82) is 0 Å². The Morgan fingerprint density at radius 3 is 2.68 bits per heavy atom. The Morgan fingerprint density at radius 1 is 1.37 bits per heavy atom. The van der Waals surface area contributed by atoms with Crippen molar-refractivity contribution in [2.75, 3.05) is 6.79 Å². The predicted octanol–water partition coefficient (Wildman–Crippen LogP) is -0.397. The molecule has 0 bridgehead atoms. The van der Waals surface area contributed by atoms with Crippen LogP contribution < -0.4 is 19.9 Å². The molecular formula is C13H14NO5-. The fraction of sp³-hybridized carbons (Fsp3) is 0.385. The van der Waals surface area contributed by atoms with Crippen LogP contribution in [0.5, 0.6) is 11.5 Å². The fourth-order valence-corrected chi connectivity index (χ4v) is 2.02. The van der Waals surface area contributed by atoms with Crippen LogP contribution in [0.4, 0.5) is 0 Å². The molecule has 1 N–H and O–H groups in total. The minimum atomic E-state index is -1.46. The van der Waals surface area contributed by atoms with E-state index >= 15 is 0 Å². The summed E-state index contributed by atoms with van der Waals surface area (Å²) in [6.07, 6.45) is 0.103. The average Bonchev–Trinajstić information content (AvgIpc) is 2.74. The van der Waals surface area contributed by atoms with Gasteiger partial charge in [-0.3, -0.25) is 4.79 Å². The predicted molar refractivity (Wildman–Crippen MR) is 63.5 cm³/mol. The number of carboxylic acids is 1. The summed E-state index contributed by atoms with van der Waals surface area (Å²) in [7, 11) is 0. The molecule has 2 rings (SSSR count). The summed E-state index contributed by atoms with van der Waals surface area (Å²) in [5, 5.41) is 13.6. The second-order valence-electron chi connectivity index (χ2n) is 4.67. The zero-order chi connectivity index (χ0) is 14.0. The Morgan fingerprint density at radius 2 is 2.05 bits per heavy atom. The van der Waals surface area contributed by atoms with Crippen LogP contribution in [0, 0.1) is 0 Å². The number of fused-ring (bicyclic) bond motifs is 1. The molecule has 102 valence electrons. The number of nitrogens with one attached hydrogen (secondary N) is 1. The van der Waals surface area contributed by atoms with Crippen molar-refractivity contribution in [3.05, 3.63) is 23.8 Å². The standard InChI is InChI=1S/C13H15NO5/c1-8(15)14-13(2,12(16)17)6-9-3-4-10-11(5-9)19-7-18-10/h3-5H,6-7H2,1-2H3,(H,14,15)(H,16,17)/p-1. The van der Waals surface area contributed by atoms with Crippen molar-refractivity contribution >= 4 is 11.9 Å². The molecule has 1 heterocycles. The van der Waals surface area contributed by atoms with Gasteiger partial charge in [-0.05, 0) is 24.6 Å². The van der Waals surface area contributed by atoms with Gasteiger partial charge in [-0.1, -0.05) is 6.07 Å². The third-order valence-corrected chi connectivity index (χ3v) is 2.90. The lowest BCUT2D eigenvalue weighted by atomic mass is 9.92. The monoisotopic (exact) mass is 264 g/mol. The molecule has 0 saturated heterocycles. The average molecular weight is 264 g/mol. The summed E-state index contributed by atoms with van der Waals surface area (Å²) < 4.78 is 10.4. The second-order valence-corrected chi connectivity index (χ2v) is 4.67. The zero-order valence-electron chi connectivity index (χ0n) is 10.7. The van der Waals surface area contributed by atoms with Crippen molar-refractivity contribution in [3.63, 3.8) is 0 Å². The van der Waals surface area contributed by atoms with E-state index < -0.39 is 17.4 Å². The number of carbonyl (C=O) groups is 2. The molecule has 1 unspecified atom stereocenters. The number of amides is 1. The van der Waals surface area contributed by atoms with E-state index in [1.165, 1.54) is 13.8 Å². The van der Waals surface area contributed by atoms with Gasteiger partial charge in [0.25, 0.3) is 0 Å². The van der Waals surface area contributed by atoms with Crippen molar-refractivity contribution in [2.24, 2.45) is 0 Å². The first kappa shape index (κ1) is 13.2. The van der Waals surface area contributed by atoms with Gasteiger partial charge in [0.2, 0.25) is 12.7 Å². The quantitative estimate of drug-likeness (QED) is 0.799. The third kappa shape index (κ3) is 2.78. The second kappa shape index (κ2) is 4.79. The minimum absolute atomic E-state index is 0.103. The molecule has 0 saturated carbocycles. The molecule has 1 amide bonds. The maximum absolute atomic E-state index is 11.2. The molecule has 1 aliphatic heterocycles. The van der Waals surface area contributed by atoms with E-state index in [4.69, 9.17) is 9.47 Å². The van der Waals surface area contributed by atoms with Gasteiger partial charge in [0, 0.05) is 13.3 Å². The highest BCUT2D eigenvalue weighted by Gasteiger charge is 2.28. The van der Waals surface area contributed by atoms with Gasteiger partial charge in [-0.15, -0.1) is 0 Å². The lowest BCUT2D eigenvalue weighted by molar-refractivity contribution is -0.313. The molecule has 19 heavy (non-hydrogen) atoms. The Labute approximate surface area is 110 Å². The summed E-state index contributed by atoms with van der Waals surface area (Å²) in [4.78, 5) is 22.3. The maximum Gasteiger partial charge on any atom is 0.231 e. The molecule has 0 fully saturated rings. The van der Waals surface area contributed by atoms with E-state index in [1.807, 2.05) is 0 Å². The molecular weight excluding hydrogens is 250 g/mol. The van der Waals surface area contributed by atoms with Crippen molar-refractivity contribution in [3.8, 4) is 11.5 Å². The Hall–Kier alpha value is -2.24. The Balaban J connectivity index is 2.22. The summed E-state index contributed by atoms with van der Waals surface area (Å²) in [5.41, 5.74) is -0.746. The summed E-state index contributed by atoms with van der Waals surface area (Å²) in [5.74, 6) is -0.563. The van der Waals surface area contributed by atoms with Crippen LogP contribution >= 0.6 is 0 Å². The fourth-order valence-electron chi connectivity index (χ4n) is 2.02. The highest BCUT2D eigenvalue weighted by molar-refractivity contribution is 5.84. The summed E-state index contributed by atoms with van der Waals surface area (Å²) in [6, 6.07) is 5.14. The summed E-state index contributed by atoms with van der Waals surface area (Å²) in [6.45, 7) is 2.83. The van der Waals surface area contributed by atoms with E-state index in [1.54, 1.807) is 18.2 Å². The van der Waals surface area contributed by atoms with Gasteiger partial charge in [0.15, 0.2) is 11.5 Å². The molecule has 6 heteroatoms. The van der Waals surface area contributed by atoms with Gasteiger partial charge >= 0.3 is 0 Å². The number of ether oxygens (including phenoxy) is 2. The van der Waals surface area contributed by atoms with Gasteiger partial charge < -0.3 is 24.7 Å². The number of hydrogen-bond acceptors (Lipinski definition) is 5. The highest BCUT2D eigenvalue weighted by atomic mass is 16.7. The molecule has 1 atom stereocenters. The van der Waals surface area contributed by atoms with Crippen LogP contribution in [0.2, 0.25) is 0 Å². The van der Waals surface area contributed by atoms with Crippen LogP contribution in [-0.2, 0) is 16.0 Å². The topological polar surface area (TPSA) is 87.7 Å². The SMILES string of the molecule is CC(=O)NC(C)(Cc1ccc2c(c1)OCO2)C(=O)[O-]. The van der Waals surface area contributed by atoms with Crippen molar-refractivity contribution < 1.29 is 24.2 Å². The number of aliphatic carboxylic acids is 1. The van der Waals surface area contributed by atoms with Crippen LogP contribution in [0.3, 0.4) is 0 Å². The van der Waals surface area contributed by atoms with Gasteiger partial charge in [0.1, 0.15) is 0 Å². The van der Waals surface area contributed by atoms with Crippen molar-refractivity contribution in [2.45, 2.75) is 25.8 Å². The third-order valence-electron chi connectivity index (χ3n) is 2.90. The van der Waals surface area contributed by atoms with E-state index in [9.17, 15) is 14.7 Å². The number of carboxylic acid groups (broad SMARTS) is 1. The Kier molecular flexibility index (Phi) is 3.33. The molecule has 0 aliphatic carbocycles. The molecule has 1 aromatic carbocycles. The first-order valence-electron chi connectivity index (χ1n) is 5.79. The molecule has 6 nitrogen and oxygen atoms in total. The number of hydrogen-bond donors (Lipinski definition) is 1. The van der Waals surface area contributed by atoms with Crippen molar-refractivity contribution in [1.82, 2.24) is 5.32 Å². The number of carbonyl (C=O) groups excluding carboxylic acids is 2. The highest BCUT2D eigenvalue weighted by Crippen LogP contribution is 2.33. The van der Waals surface area contributed by atoms with Crippen LogP contribution in [0.15, 0.2) is 18.2 Å². The van der Waals surface area contributed by atoms with E-state index in [2.05, 4.69) is 5.32 Å². The lowest BCUT2D eigenvalue weighted by Crippen LogP contribution is -2.58. The van der Waals surface area contributed by atoms with Gasteiger partial charge in [-0.2, -0.15) is 0 Å². The van der Waals surface area contributed by atoms with Gasteiger partial charge in [-0.25, -0.2) is 0 Å². The molecule has 0 radical (unpaired) electrons. The molecule has 1 aliphatic rings. The van der Waals surface area contributed by atoms with Crippen LogP contribution in [0.1, 0.15) is 19.4 Å². The molecule has 0 aromatic heterocycles. The number of rotatable bonds is 4. The molecule has 0 spiro atoms. The first-order valence-corrected chi connectivity index (χ1v) is 5.79. The smallest absolute Gasteiger partial charge is 0.231 e. The van der Waals surface area contributed by atoms with E-state index in [0.717, 1.165) is 0 Å². The first-order chi connectivity index (χ1) is 8.90. The summed E-state index contributed by atoms with van der Waals surface area (Å²) >= 11 is 0.